The van der Waals surface area contributed by atoms with Gasteiger partial charge in [0.2, 0.25) is 0 Å². The van der Waals surface area contributed by atoms with Crippen LogP contribution in [0.25, 0.3) is 0 Å². The van der Waals surface area contributed by atoms with E-state index < -0.39 is 0 Å². The Morgan fingerprint density at radius 2 is 2.05 bits per heavy atom. The molecule has 2 heterocycles. The van der Waals surface area contributed by atoms with Crippen molar-refractivity contribution < 1.29 is 0 Å². The smallest absolute Gasteiger partial charge is 0.0847 e. The first-order valence-corrected chi connectivity index (χ1v) is 7.35. The normalized spacial score (nSPS) is 12.7. The number of hydrogen-bond donors (Lipinski definition) is 1. The maximum atomic E-state index is 6.28. The molecule has 0 radical (unpaired) electrons. The van der Waals surface area contributed by atoms with Gasteiger partial charge in [-0.3, -0.25) is 9.67 Å². The Labute approximate surface area is 132 Å². The number of pyridine rings is 1. The molecule has 0 aliphatic rings. The topological polar surface area (TPSA) is 56.7 Å². The maximum Gasteiger partial charge on any atom is 0.0847 e. The summed E-state index contributed by atoms with van der Waals surface area (Å²) in [5, 5.41) is 5.96. The van der Waals surface area contributed by atoms with E-state index in [1.807, 2.05) is 18.5 Å². The lowest BCUT2D eigenvalue weighted by Gasteiger charge is -2.14. The summed E-state index contributed by atoms with van der Waals surface area (Å²) in [5.74, 6) is 0. The largest absolute Gasteiger partial charge is 0.322 e. The van der Waals surface area contributed by atoms with Crippen LogP contribution >= 0.6 is 34.8 Å². The highest BCUT2D eigenvalue weighted by Crippen LogP contribution is 2.28. The van der Waals surface area contributed by atoms with Crippen LogP contribution in [0.1, 0.15) is 30.0 Å². The Hall–Kier alpha value is -0.810. The molecule has 4 nitrogen and oxygen atoms in total. The Morgan fingerprint density at radius 3 is 2.65 bits per heavy atom. The number of hydrogen-bond acceptors (Lipinski definition) is 3. The van der Waals surface area contributed by atoms with Gasteiger partial charge in [0.15, 0.2) is 0 Å². The first-order chi connectivity index (χ1) is 9.43. The van der Waals surface area contributed by atoms with Crippen LogP contribution in [-0.2, 0) is 13.0 Å². The molecule has 0 amide bonds. The third kappa shape index (κ3) is 3.09. The van der Waals surface area contributed by atoms with E-state index >= 15 is 0 Å². The fraction of sp³-hybridized carbons (Fsp3) is 0.385. The predicted octanol–water partition coefficient (Wildman–Crippen LogP) is 3.81. The molecule has 0 aromatic carbocycles. The molecule has 0 spiro atoms. The van der Waals surface area contributed by atoms with Gasteiger partial charge in [0.05, 0.1) is 38.2 Å². The highest BCUT2D eigenvalue weighted by atomic mass is 35.5. The average molecular weight is 334 g/mol. The molecule has 0 saturated carbocycles. The monoisotopic (exact) mass is 332 g/mol. The molecule has 7 heteroatoms. The molecule has 0 aliphatic heterocycles. The van der Waals surface area contributed by atoms with Gasteiger partial charge in [0.25, 0.3) is 0 Å². The second-order valence-electron chi connectivity index (χ2n) is 4.49. The highest BCUT2D eigenvalue weighted by molar-refractivity contribution is 6.34. The number of halogens is 3. The Morgan fingerprint density at radius 1 is 1.35 bits per heavy atom. The summed E-state index contributed by atoms with van der Waals surface area (Å²) in [7, 11) is 0. The van der Waals surface area contributed by atoms with Crippen molar-refractivity contribution >= 4 is 34.8 Å². The van der Waals surface area contributed by atoms with Crippen molar-refractivity contribution in [2.24, 2.45) is 5.73 Å². The van der Waals surface area contributed by atoms with Crippen molar-refractivity contribution in [2.45, 2.75) is 32.9 Å². The van der Waals surface area contributed by atoms with Crippen molar-refractivity contribution in [1.29, 1.82) is 0 Å². The van der Waals surface area contributed by atoms with Gasteiger partial charge in [-0.1, -0.05) is 34.8 Å². The minimum atomic E-state index is -0.362. The summed E-state index contributed by atoms with van der Waals surface area (Å²) in [6, 6.07) is 1.27. The van der Waals surface area contributed by atoms with E-state index in [0.29, 0.717) is 27.2 Å². The van der Waals surface area contributed by atoms with Crippen molar-refractivity contribution in [3.05, 3.63) is 44.4 Å². The highest BCUT2D eigenvalue weighted by Gasteiger charge is 2.19. The molecule has 20 heavy (non-hydrogen) atoms. The lowest BCUT2D eigenvalue weighted by molar-refractivity contribution is 0.582. The van der Waals surface area contributed by atoms with E-state index in [1.54, 1.807) is 6.07 Å². The number of aromatic nitrogens is 3. The third-order valence-corrected chi connectivity index (χ3v) is 4.05. The number of rotatable bonds is 4. The minimum absolute atomic E-state index is 0.362. The van der Waals surface area contributed by atoms with E-state index in [4.69, 9.17) is 40.5 Å². The summed E-state index contributed by atoms with van der Waals surface area (Å²) in [6.45, 7) is 4.61. The molecule has 0 bridgehead atoms. The molecule has 2 aromatic heterocycles. The zero-order valence-corrected chi connectivity index (χ0v) is 13.5. The van der Waals surface area contributed by atoms with Gasteiger partial charge in [-0.25, -0.2) is 0 Å². The average Bonchev–Trinajstić information content (AvgIpc) is 2.66. The van der Waals surface area contributed by atoms with Gasteiger partial charge in [0, 0.05) is 19.2 Å². The van der Waals surface area contributed by atoms with Crippen LogP contribution in [-0.4, -0.2) is 14.8 Å². The van der Waals surface area contributed by atoms with Crippen LogP contribution in [0.15, 0.2) is 12.3 Å². The molecule has 1 unspecified atom stereocenters. The van der Waals surface area contributed by atoms with Crippen molar-refractivity contribution in [2.75, 3.05) is 0 Å². The van der Waals surface area contributed by atoms with Crippen molar-refractivity contribution in [3.8, 4) is 0 Å². The first-order valence-electron chi connectivity index (χ1n) is 6.22. The molecular weight excluding hydrogens is 319 g/mol. The summed E-state index contributed by atoms with van der Waals surface area (Å²) in [5.41, 5.74) is 8.49. The van der Waals surface area contributed by atoms with Gasteiger partial charge < -0.3 is 5.73 Å². The van der Waals surface area contributed by atoms with Crippen molar-refractivity contribution in [3.63, 3.8) is 0 Å². The maximum absolute atomic E-state index is 6.28. The zero-order valence-electron chi connectivity index (χ0n) is 11.2. The van der Waals surface area contributed by atoms with Crippen LogP contribution in [0, 0.1) is 6.92 Å². The first kappa shape index (κ1) is 15.6. The zero-order chi connectivity index (χ0) is 14.9. The van der Waals surface area contributed by atoms with Crippen LogP contribution in [0.2, 0.25) is 15.1 Å². The van der Waals surface area contributed by atoms with Gasteiger partial charge >= 0.3 is 0 Å². The standard InChI is InChI=1S/C13H15Cl3N4/c1-3-20-11(12(16)7(2)19-20)5-10(17)13-9(15)4-8(14)6-18-13/h4,6,10H,3,5,17H2,1-2H3. The van der Waals surface area contributed by atoms with Gasteiger partial charge in [-0.15, -0.1) is 0 Å². The fourth-order valence-electron chi connectivity index (χ4n) is 2.07. The summed E-state index contributed by atoms with van der Waals surface area (Å²) < 4.78 is 1.85. The minimum Gasteiger partial charge on any atom is -0.322 e. The molecule has 2 rings (SSSR count). The van der Waals surface area contributed by atoms with E-state index in [9.17, 15) is 0 Å². The molecule has 0 aliphatic carbocycles. The van der Waals surface area contributed by atoms with E-state index in [2.05, 4.69) is 10.1 Å². The van der Waals surface area contributed by atoms with Gasteiger partial charge in [-0.05, 0) is 19.9 Å². The second-order valence-corrected chi connectivity index (χ2v) is 5.71. The predicted molar refractivity (Wildman–Crippen MR) is 82.5 cm³/mol. The Balaban J connectivity index is 2.30. The van der Waals surface area contributed by atoms with Crippen LogP contribution in [0.5, 0.6) is 0 Å². The molecule has 2 N–H and O–H groups in total. The summed E-state index contributed by atoms with van der Waals surface area (Å²) >= 11 is 18.2. The Kier molecular flexibility index (Phi) is 4.91. The Bertz CT molecular complexity index is 624. The molecule has 0 fully saturated rings. The van der Waals surface area contributed by atoms with Crippen LogP contribution in [0.4, 0.5) is 0 Å². The molecule has 1 atom stereocenters. The molecule has 0 saturated heterocycles. The lowest BCUT2D eigenvalue weighted by Crippen LogP contribution is -2.18. The molecular formula is C13H15Cl3N4. The van der Waals surface area contributed by atoms with Crippen LogP contribution < -0.4 is 5.73 Å². The van der Waals surface area contributed by atoms with E-state index in [-0.39, 0.29) is 6.04 Å². The van der Waals surface area contributed by atoms with E-state index in [0.717, 1.165) is 17.9 Å². The fourth-order valence-corrected chi connectivity index (χ4v) is 2.80. The number of nitrogens with zero attached hydrogens (tertiary/aromatic N) is 3. The molecule has 108 valence electrons. The summed E-state index contributed by atoms with van der Waals surface area (Å²) in [4.78, 5) is 4.20. The SMILES string of the molecule is CCn1nc(C)c(Cl)c1CC(N)c1ncc(Cl)cc1Cl. The lowest BCUT2D eigenvalue weighted by atomic mass is 10.1. The second kappa shape index (κ2) is 6.31. The van der Waals surface area contributed by atoms with Crippen molar-refractivity contribution in [1.82, 2.24) is 14.8 Å². The number of aryl methyl sites for hydroxylation is 2. The van der Waals surface area contributed by atoms with E-state index in [1.165, 1.54) is 6.20 Å². The third-order valence-electron chi connectivity index (χ3n) is 3.05. The quantitative estimate of drug-likeness (QED) is 0.925. The molecule has 2 aromatic rings. The van der Waals surface area contributed by atoms with Gasteiger partial charge in [0.1, 0.15) is 0 Å². The van der Waals surface area contributed by atoms with Crippen LogP contribution in [0.3, 0.4) is 0 Å². The van der Waals surface area contributed by atoms with Gasteiger partial charge in [-0.2, -0.15) is 5.10 Å². The number of nitrogens with two attached hydrogens (primary N) is 1. The summed E-state index contributed by atoms with van der Waals surface area (Å²) in [6.07, 6.45) is 2.05.